The summed E-state index contributed by atoms with van der Waals surface area (Å²) in [6, 6.07) is 6.64. The minimum absolute atomic E-state index is 0.157. The maximum Gasteiger partial charge on any atom is 0.0599 e. The fourth-order valence-electron chi connectivity index (χ4n) is 2.91. The van der Waals surface area contributed by atoms with E-state index in [1.165, 1.54) is 16.8 Å². The molecule has 1 aliphatic heterocycles. The quantitative estimate of drug-likeness (QED) is 0.787. The van der Waals surface area contributed by atoms with Gasteiger partial charge in [0.05, 0.1) is 12.7 Å². The van der Waals surface area contributed by atoms with E-state index in [1.807, 2.05) is 0 Å². The molecule has 1 aliphatic rings. The Morgan fingerprint density at radius 2 is 2.24 bits per heavy atom. The molecule has 21 heavy (non-hydrogen) atoms. The molecule has 0 radical (unpaired) electrons. The third-order valence-corrected chi connectivity index (χ3v) is 4.23. The highest BCUT2D eigenvalue weighted by Gasteiger charge is 2.25. The highest BCUT2D eigenvalue weighted by atomic mass is 16.5. The first-order valence-electron chi connectivity index (χ1n) is 7.84. The monoisotopic (exact) mass is 292 g/mol. The van der Waals surface area contributed by atoms with Gasteiger partial charge in [-0.15, -0.1) is 0 Å². The van der Waals surface area contributed by atoms with E-state index in [0.717, 1.165) is 39.2 Å². The average molecular weight is 292 g/mol. The summed E-state index contributed by atoms with van der Waals surface area (Å²) in [7, 11) is 1.72. The fraction of sp³-hybridized carbons (Fsp3) is 0.647. The highest BCUT2D eigenvalue weighted by molar-refractivity contribution is 5.55. The molecule has 118 valence electrons. The number of hydrogen-bond donors (Lipinski definition) is 2. The Kier molecular flexibility index (Phi) is 6.03. The lowest BCUT2D eigenvalue weighted by atomic mass is 9.95. The fourth-order valence-corrected chi connectivity index (χ4v) is 2.91. The van der Waals surface area contributed by atoms with E-state index >= 15 is 0 Å². The first-order valence-corrected chi connectivity index (χ1v) is 7.84. The van der Waals surface area contributed by atoms with E-state index in [0.29, 0.717) is 5.92 Å². The predicted octanol–water partition coefficient (Wildman–Crippen LogP) is 1.94. The number of methoxy groups -OCH3 is 1. The predicted molar refractivity (Wildman–Crippen MR) is 86.8 cm³/mol. The number of nitrogens with zero attached hydrogens (tertiary/aromatic N) is 1. The zero-order valence-electron chi connectivity index (χ0n) is 13.4. The third-order valence-electron chi connectivity index (χ3n) is 4.23. The molecule has 1 heterocycles. The highest BCUT2D eigenvalue weighted by Crippen LogP contribution is 2.27. The molecular formula is C17H28N2O2. The molecule has 4 heteroatoms. The molecule has 1 saturated heterocycles. The second-order valence-electron chi connectivity index (χ2n) is 6.08. The van der Waals surface area contributed by atoms with Crippen molar-refractivity contribution >= 4 is 5.69 Å². The molecule has 1 aromatic carbocycles. The van der Waals surface area contributed by atoms with Crippen LogP contribution in [-0.2, 0) is 11.3 Å². The van der Waals surface area contributed by atoms with E-state index < -0.39 is 0 Å². The lowest BCUT2D eigenvalue weighted by Crippen LogP contribution is -2.42. The molecule has 0 aliphatic carbocycles. The molecule has 2 unspecified atom stereocenters. The average Bonchev–Trinajstić information content (AvgIpc) is 2.47. The van der Waals surface area contributed by atoms with Gasteiger partial charge in [0.2, 0.25) is 0 Å². The van der Waals surface area contributed by atoms with Crippen molar-refractivity contribution in [2.24, 2.45) is 5.92 Å². The van der Waals surface area contributed by atoms with E-state index in [2.05, 4.69) is 42.3 Å². The van der Waals surface area contributed by atoms with Crippen LogP contribution in [0.2, 0.25) is 0 Å². The van der Waals surface area contributed by atoms with Gasteiger partial charge in [-0.3, -0.25) is 0 Å². The summed E-state index contributed by atoms with van der Waals surface area (Å²) in [4.78, 5) is 2.41. The maximum absolute atomic E-state index is 9.90. The van der Waals surface area contributed by atoms with Crippen molar-refractivity contribution < 1.29 is 9.84 Å². The number of ether oxygens (including phenoxy) is 1. The van der Waals surface area contributed by atoms with E-state index in [-0.39, 0.29) is 6.10 Å². The number of nitrogens with one attached hydrogen (secondary N) is 1. The lowest BCUT2D eigenvalue weighted by Gasteiger charge is -2.37. The first kappa shape index (κ1) is 16.3. The van der Waals surface area contributed by atoms with E-state index in [4.69, 9.17) is 4.74 Å². The zero-order chi connectivity index (χ0) is 15.2. The molecule has 1 aromatic rings. The second-order valence-corrected chi connectivity index (χ2v) is 6.08. The molecule has 2 atom stereocenters. The van der Waals surface area contributed by atoms with Gasteiger partial charge in [-0.05, 0) is 30.9 Å². The number of benzene rings is 1. The third kappa shape index (κ3) is 4.43. The van der Waals surface area contributed by atoms with Gasteiger partial charge in [0.25, 0.3) is 0 Å². The minimum atomic E-state index is -0.157. The molecule has 2 N–H and O–H groups in total. The number of piperidine rings is 1. The number of aryl methyl sites for hydroxylation is 1. The van der Waals surface area contributed by atoms with Crippen LogP contribution < -0.4 is 10.2 Å². The molecule has 4 nitrogen and oxygen atoms in total. The van der Waals surface area contributed by atoms with Gasteiger partial charge in [-0.2, -0.15) is 0 Å². The Hall–Kier alpha value is -1.10. The number of aliphatic hydroxyl groups is 1. The molecule has 2 rings (SSSR count). The lowest BCUT2D eigenvalue weighted by molar-refractivity contribution is 0.0970. The summed E-state index contributed by atoms with van der Waals surface area (Å²) in [5.74, 6) is 0.328. The van der Waals surface area contributed by atoms with Gasteiger partial charge in [0.1, 0.15) is 0 Å². The smallest absolute Gasteiger partial charge is 0.0599 e. The van der Waals surface area contributed by atoms with Crippen LogP contribution >= 0.6 is 0 Å². The zero-order valence-corrected chi connectivity index (χ0v) is 13.4. The van der Waals surface area contributed by atoms with Gasteiger partial charge in [-0.1, -0.05) is 24.6 Å². The Labute approximate surface area is 128 Å². The molecule has 0 aromatic heterocycles. The summed E-state index contributed by atoms with van der Waals surface area (Å²) in [6.45, 7) is 8.56. The normalized spacial score (nSPS) is 22.6. The Balaban J connectivity index is 2.07. The Bertz CT molecular complexity index is 450. The summed E-state index contributed by atoms with van der Waals surface area (Å²) >= 11 is 0. The van der Waals surface area contributed by atoms with E-state index in [9.17, 15) is 5.11 Å². The van der Waals surface area contributed by atoms with Crippen molar-refractivity contribution in [1.29, 1.82) is 0 Å². The first-order chi connectivity index (χ1) is 10.1. The largest absolute Gasteiger partial charge is 0.393 e. The van der Waals surface area contributed by atoms with Crippen molar-refractivity contribution in [3.8, 4) is 0 Å². The standard InChI is InChI=1S/C17H28N2O2/c1-13-4-5-16(15(10-13)11-18-7-9-21-3)19-8-6-17(20)14(2)12-19/h4-5,10,14,17-18,20H,6-9,11-12H2,1-3H3. The van der Waals surface area contributed by atoms with Crippen LogP contribution in [0.4, 0.5) is 5.69 Å². The van der Waals surface area contributed by atoms with Crippen LogP contribution in [0.15, 0.2) is 18.2 Å². The van der Waals surface area contributed by atoms with Crippen LogP contribution in [0.1, 0.15) is 24.5 Å². The van der Waals surface area contributed by atoms with Crippen molar-refractivity contribution in [2.75, 3.05) is 38.3 Å². The summed E-state index contributed by atoms with van der Waals surface area (Å²) < 4.78 is 5.08. The summed E-state index contributed by atoms with van der Waals surface area (Å²) in [6.07, 6.45) is 0.695. The van der Waals surface area contributed by atoms with Crippen molar-refractivity contribution in [3.05, 3.63) is 29.3 Å². The SMILES string of the molecule is COCCNCc1cc(C)ccc1N1CCC(O)C(C)C1. The molecule has 0 spiro atoms. The van der Waals surface area contributed by atoms with Gasteiger partial charge in [-0.25, -0.2) is 0 Å². The molecule has 0 saturated carbocycles. The maximum atomic E-state index is 9.90. The van der Waals surface area contributed by atoms with E-state index in [1.54, 1.807) is 7.11 Å². The van der Waals surface area contributed by atoms with Crippen LogP contribution in [-0.4, -0.2) is 44.6 Å². The van der Waals surface area contributed by atoms with Crippen molar-refractivity contribution in [2.45, 2.75) is 32.9 Å². The molecule has 0 amide bonds. The van der Waals surface area contributed by atoms with Crippen LogP contribution in [0.25, 0.3) is 0 Å². The van der Waals surface area contributed by atoms with Crippen LogP contribution in [0.3, 0.4) is 0 Å². The van der Waals surface area contributed by atoms with Crippen LogP contribution in [0, 0.1) is 12.8 Å². The Morgan fingerprint density at radius 1 is 1.43 bits per heavy atom. The molecule has 1 fully saturated rings. The number of hydrogen-bond acceptors (Lipinski definition) is 4. The Morgan fingerprint density at radius 3 is 2.95 bits per heavy atom. The van der Waals surface area contributed by atoms with Gasteiger partial charge >= 0.3 is 0 Å². The van der Waals surface area contributed by atoms with Crippen molar-refractivity contribution in [3.63, 3.8) is 0 Å². The summed E-state index contributed by atoms with van der Waals surface area (Å²) in [5.41, 5.74) is 3.91. The number of anilines is 1. The summed E-state index contributed by atoms with van der Waals surface area (Å²) in [5, 5.41) is 13.3. The van der Waals surface area contributed by atoms with Crippen molar-refractivity contribution in [1.82, 2.24) is 5.32 Å². The van der Waals surface area contributed by atoms with Gasteiger partial charge in [0.15, 0.2) is 0 Å². The topological polar surface area (TPSA) is 44.7 Å². The van der Waals surface area contributed by atoms with Crippen LogP contribution in [0.5, 0.6) is 0 Å². The van der Waals surface area contributed by atoms with Gasteiger partial charge < -0.3 is 20.1 Å². The second kappa shape index (κ2) is 7.78. The van der Waals surface area contributed by atoms with Gasteiger partial charge in [0, 0.05) is 39.0 Å². The number of rotatable bonds is 6. The molecular weight excluding hydrogens is 264 g/mol. The molecule has 0 bridgehead atoms. The number of aliphatic hydroxyl groups excluding tert-OH is 1. The minimum Gasteiger partial charge on any atom is -0.393 e.